The standard InChI is InChI=1S/C19H23N5O4/c1-12-4-9-16(13(2)10-12)22-19(27)24-23-17(25)11-20-18(26)21-14-5-7-15(28-3)8-6-14/h4-10H,11H2,1-3H3,(H,23,25)(H2,20,21,26)(H2,22,24,27). The summed E-state index contributed by atoms with van der Waals surface area (Å²) in [7, 11) is 1.55. The molecule has 0 bridgehead atoms. The molecule has 9 heteroatoms. The molecular weight excluding hydrogens is 362 g/mol. The van der Waals surface area contributed by atoms with Crippen molar-refractivity contribution >= 4 is 29.3 Å². The van der Waals surface area contributed by atoms with Crippen LogP contribution in [-0.2, 0) is 4.79 Å². The summed E-state index contributed by atoms with van der Waals surface area (Å²) in [5, 5.41) is 7.58. The lowest BCUT2D eigenvalue weighted by atomic mass is 10.1. The predicted octanol–water partition coefficient (Wildman–Crippen LogP) is 2.29. The van der Waals surface area contributed by atoms with Crippen LogP contribution < -0.4 is 31.5 Å². The minimum atomic E-state index is -0.594. The molecular formula is C19H23N5O4. The van der Waals surface area contributed by atoms with Gasteiger partial charge in [0.25, 0.3) is 5.91 Å². The number of carbonyl (C=O) groups is 3. The third kappa shape index (κ3) is 6.52. The van der Waals surface area contributed by atoms with E-state index in [9.17, 15) is 14.4 Å². The molecule has 28 heavy (non-hydrogen) atoms. The second-order valence-electron chi connectivity index (χ2n) is 5.98. The maximum atomic E-state index is 11.8. The van der Waals surface area contributed by atoms with Crippen molar-refractivity contribution in [3.05, 3.63) is 53.6 Å². The van der Waals surface area contributed by atoms with Gasteiger partial charge in [0, 0.05) is 11.4 Å². The molecule has 0 aliphatic heterocycles. The topological polar surface area (TPSA) is 121 Å². The van der Waals surface area contributed by atoms with Crippen molar-refractivity contribution in [2.75, 3.05) is 24.3 Å². The molecule has 0 spiro atoms. The largest absolute Gasteiger partial charge is 0.497 e. The van der Waals surface area contributed by atoms with Crippen molar-refractivity contribution in [3.8, 4) is 5.75 Å². The zero-order chi connectivity index (χ0) is 20.5. The van der Waals surface area contributed by atoms with E-state index in [1.807, 2.05) is 26.0 Å². The highest BCUT2D eigenvalue weighted by Gasteiger charge is 2.08. The Morgan fingerprint density at radius 2 is 1.61 bits per heavy atom. The summed E-state index contributed by atoms with van der Waals surface area (Å²) in [4.78, 5) is 35.4. The summed E-state index contributed by atoms with van der Waals surface area (Å²) in [6.07, 6.45) is 0. The van der Waals surface area contributed by atoms with Gasteiger partial charge < -0.3 is 20.7 Å². The molecule has 5 N–H and O–H groups in total. The Hall–Kier alpha value is -3.75. The Labute approximate surface area is 162 Å². The van der Waals surface area contributed by atoms with Crippen LogP contribution in [0.1, 0.15) is 11.1 Å². The van der Waals surface area contributed by atoms with E-state index in [1.165, 1.54) is 0 Å². The minimum absolute atomic E-state index is 0.314. The molecule has 0 radical (unpaired) electrons. The lowest BCUT2D eigenvalue weighted by Gasteiger charge is -2.12. The van der Waals surface area contributed by atoms with Gasteiger partial charge in [-0.2, -0.15) is 0 Å². The zero-order valence-electron chi connectivity index (χ0n) is 15.9. The van der Waals surface area contributed by atoms with Crippen molar-refractivity contribution in [1.29, 1.82) is 0 Å². The first-order valence-electron chi connectivity index (χ1n) is 8.49. The Morgan fingerprint density at radius 1 is 0.893 bits per heavy atom. The predicted molar refractivity (Wildman–Crippen MR) is 106 cm³/mol. The molecule has 0 aliphatic carbocycles. The molecule has 0 unspecified atom stereocenters. The maximum absolute atomic E-state index is 11.8. The van der Waals surface area contributed by atoms with Crippen molar-refractivity contribution < 1.29 is 19.1 Å². The highest BCUT2D eigenvalue weighted by molar-refractivity contribution is 5.94. The van der Waals surface area contributed by atoms with Gasteiger partial charge in [-0.15, -0.1) is 0 Å². The van der Waals surface area contributed by atoms with Crippen molar-refractivity contribution in [2.24, 2.45) is 0 Å². The Bertz CT molecular complexity index is 852. The van der Waals surface area contributed by atoms with Crippen molar-refractivity contribution in [2.45, 2.75) is 13.8 Å². The maximum Gasteiger partial charge on any atom is 0.337 e. The first kappa shape index (κ1) is 20.6. The van der Waals surface area contributed by atoms with Crippen LogP contribution in [0.2, 0.25) is 0 Å². The van der Waals surface area contributed by atoms with Gasteiger partial charge in [0.1, 0.15) is 12.3 Å². The van der Waals surface area contributed by atoms with Gasteiger partial charge in [-0.05, 0) is 49.7 Å². The highest BCUT2D eigenvalue weighted by atomic mass is 16.5. The molecule has 0 saturated heterocycles. The molecule has 148 valence electrons. The molecule has 0 aromatic heterocycles. The zero-order valence-corrected chi connectivity index (χ0v) is 15.9. The number of hydrogen-bond acceptors (Lipinski definition) is 4. The van der Waals surface area contributed by atoms with Crippen LogP contribution in [0.5, 0.6) is 5.75 Å². The van der Waals surface area contributed by atoms with Crippen LogP contribution in [0.15, 0.2) is 42.5 Å². The minimum Gasteiger partial charge on any atom is -0.497 e. The average molecular weight is 385 g/mol. The average Bonchev–Trinajstić information content (AvgIpc) is 2.67. The van der Waals surface area contributed by atoms with Crippen molar-refractivity contribution in [1.82, 2.24) is 16.2 Å². The second kappa shape index (κ2) is 9.81. The Balaban J connectivity index is 1.69. The number of ether oxygens (including phenoxy) is 1. The van der Waals surface area contributed by atoms with E-state index in [0.717, 1.165) is 11.1 Å². The number of amides is 5. The van der Waals surface area contributed by atoms with E-state index in [4.69, 9.17) is 4.74 Å². The first-order chi connectivity index (χ1) is 13.4. The summed E-state index contributed by atoms with van der Waals surface area (Å²) in [5.41, 5.74) is 7.59. The number of nitrogens with one attached hydrogen (secondary N) is 5. The van der Waals surface area contributed by atoms with Crippen LogP contribution in [-0.4, -0.2) is 31.6 Å². The molecule has 2 aromatic rings. The van der Waals surface area contributed by atoms with Gasteiger partial charge in [-0.3, -0.25) is 10.2 Å². The molecule has 0 atom stereocenters. The third-order valence-corrected chi connectivity index (χ3v) is 3.70. The first-order valence-corrected chi connectivity index (χ1v) is 8.49. The summed E-state index contributed by atoms with van der Waals surface area (Å²) < 4.78 is 5.03. The summed E-state index contributed by atoms with van der Waals surface area (Å²) >= 11 is 0. The quantitative estimate of drug-likeness (QED) is 0.507. The van der Waals surface area contributed by atoms with Crippen LogP contribution in [0.3, 0.4) is 0 Å². The smallest absolute Gasteiger partial charge is 0.337 e. The monoisotopic (exact) mass is 385 g/mol. The van der Waals surface area contributed by atoms with Gasteiger partial charge in [0.15, 0.2) is 0 Å². The number of hydrogen-bond donors (Lipinski definition) is 5. The highest BCUT2D eigenvalue weighted by Crippen LogP contribution is 2.16. The van der Waals surface area contributed by atoms with E-state index < -0.39 is 18.0 Å². The van der Waals surface area contributed by atoms with Crippen LogP contribution in [0, 0.1) is 13.8 Å². The third-order valence-electron chi connectivity index (χ3n) is 3.70. The number of aryl methyl sites for hydroxylation is 2. The molecule has 0 saturated carbocycles. The molecule has 2 rings (SSSR count). The van der Waals surface area contributed by atoms with Gasteiger partial charge >= 0.3 is 12.1 Å². The molecule has 5 amide bonds. The lowest BCUT2D eigenvalue weighted by molar-refractivity contribution is -0.120. The summed E-state index contributed by atoms with van der Waals surface area (Å²) in [5.74, 6) is 0.0798. The number of methoxy groups -OCH3 is 1. The van der Waals surface area contributed by atoms with Gasteiger partial charge in [0.2, 0.25) is 0 Å². The van der Waals surface area contributed by atoms with Gasteiger partial charge in [-0.25, -0.2) is 15.0 Å². The molecule has 9 nitrogen and oxygen atoms in total. The fourth-order valence-corrected chi connectivity index (χ4v) is 2.29. The fraction of sp³-hybridized carbons (Fsp3) is 0.211. The van der Waals surface area contributed by atoms with Gasteiger partial charge in [-0.1, -0.05) is 17.7 Å². The normalized spacial score (nSPS) is 9.82. The molecule has 0 aliphatic rings. The SMILES string of the molecule is COc1ccc(NC(=O)NCC(=O)NNC(=O)Nc2ccc(C)cc2C)cc1. The van der Waals surface area contributed by atoms with E-state index >= 15 is 0 Å². The molecule has 0 fully saturated rings. The number of hydrazine groups is 1. The number of urea groups is 2. The summed E-state index contributed by atoms with van der Waals surface area (Å²) in [6, 6.07) is 11.1. The van der Waals surface area contributed by atoms with E-state index in [1.54, 1.807) is 37.4 Å². The fourth-order valence-electron chi connectivity index (χ4n) is 2.29. The molecule has 2 aromatic carbocycles. The number of carbonyl (C=O) groups excluding carboxylic acids is 3. The number of anilines is 2. The summed E-state index contributed by atoms with van der Waals surface area (Å²) in [6.45, 7) is 3.51. The van der Waals surface area contributed by atoms with E-state index in [2.05, 4.69) is 26.8 Å². The number of rotatable bonds is 5. The number of benzene rings is 2. The van der Waals surface area contributed by atoms with Crippen LogP contribution in [0.4, 0.5) is 21.0 Å². The van der Waals surface area contributed by atoms with Crippen molar-refractivity contribution in [3.63, 3.8) is 0 Å². The Morgan fingerprint density at radius 3 is 2.25 bits per heavy atom. The Kier molecular flexibility index (Phi) is 7.21. The molecule has 0 heterocycles. The van der Waals surface area contributed by atoms with Crippen LogP contribution in [0.25, 0.3) is 0 Å². The lowest BCUT2D eigenvalue weighted by Crippen LogP contribution is -2.48. The second-order valence-corrected chi connectivity index (χ2v) is 5.98. The van der Waals surface area contributed by atoms with Gasteiger partial charge in [0.05, 0.1) is 7.11 Å². The van der Waals surface area contributed by atoms with Crippen LogP contribution >= 0.6 is 0 Å². The van der Waals surface area contributed by atoms with E-state index in [-0.39, 0.29) is 6.54 Å². The van der Waals surface area contributed by atoms with E-state index in [0.29, 0.717) is 17.1 Å².